The molecule has 0 unspecified atom stereocenters. The van der Waals surface area contributed by atoms with Crippen molar-refractivity contribution in [2.45, 2.75) is 34.7 Å². The molecule has 1 saturated carbocycles. The number of nitrogens with two attached hydrogens (primary N) is 1. The zero-order chi connectivity index (χ0) is 23.8. The van der Waals surface area contributed by atoms with Gasteiger partial charge in [0, 0.05) is 23.0 Å². The van der Waals surface area contributed by atoms with E-state index in [0.717, 1.165) is 24.4 Å². The van der Waals surface area contributed by atoms with Gasteiger partial charge in [0.15, 0.2) is 9.47 Å². The second kappa shape index (κ2) is 9.47. The predicted molar refractivity (Wildman–Crippen MR) is 125 cm³/mol. The Bertz CT molecular complexity index is 1190. The quantitative estimate of drug-likeness (QED) is 0.172. The van der Waals surface area contributed by atoms with E-state index in [1.165, 1.54) is 39.8 Å². The fourth-order valence-corrected chi connectivity index (χ4v) is 6.60. The number of nitrogen functional groups attached to an aromatic ring is 1. The zero-order valence-corrected chi connectivity index (χ0v) is 20.4. The number of carbonyl (C=O) groups is 3. The highest BCUT2D eigenvalue weighted by molar-refractivity contribution is 8.01. The van der Waals surface area contributed by atoms with Crippen molar-refractivity contribution in [3.63, 3.8) is 0 Å². The van der Waals surface area contributed by atoms with Crippen molar-refractivity contribution >= 4 is 75.0 Å². The third-order valence-electron chi connectivity index (χ3n) is 4.93. The lowest BCUT2D eigenvalue weighted by Crippen LogP contribution is -2.71. The Balaban J connectivity index is 1.31. The minimum atomic E-state index is -1.20. The Kier molecular flexibility index (Phi) is 6.41. The van der Waals surface area contributed by atoms with Crippen molar-refractivity contribution in [2.75, 3.05) is 17.2 Å². The average molecular weight is 541 g/mol. The average Bonchev–Trinajstić information content (AvgIpc) is 3.30. The van der Waals surface area contributed by atoms with Gasteiger partial charge in [0.1, 0.15) is 28.7 Å². The van der Waals surface area contributed by atoms with Crippen LogP contribution in [-0.4, -0.2) is 82.1 Å². The second-order valence-corrected chi connectivity index (χ2v) is 11.3. The smallest absolute Gasteiger partial charge is 0.352 e. The second-order valence-electron chi connectivity index (χ2n) is 7.31. The lowest BCUT2D eigenvalue weighted by molar-refractivity contribution is -0.150. The van der Waals surface area contributed by atoms with Gasteiger partial charge < -0.3 is 21.0 Å². The van der Waals surface area contributed by atoms with E-state index >= 15 is 0 Å². The van der Waals surface area contributed by atoms with Gasteiger partial charge in [0.2, 0.25) is 11.5 Å². The number of fused-ring (bicyclic) bond motifs is 1. The van der Waals surface area contributed by atoms with Gasteiger partial charge in [-0.3, -0.25) is 14.5 Å². The van der Waals surface area contributed by atoms with Crippen LogP contribution in [0.2, 0.25) is 0 Å². The number of hydrogen-bond acceptors (Lipinski definition) is 14. The Hall–Kier alpha value is -2.76. The van der Waals surface area contributed by atoms with Crippen LogP contribution in [0.4, 0.5) is 5.13 Å². The van der Waals surface area contributed by atoms with E-state index in [-0.39, 0.29) is 28.5 Å². The van der Waals surface area contributed by atoms with Crippen LogP contribution in [0.1, 0.15) is 18.7 Å². The van der Waals surface area contributed by atoms with Gasteiger partial charge in [-0.25, -0.2) is 4.79 Å². The molecule has 3 aliphatic rings. The van der Waals surface area contributed by atoms with Crippen molar-refractivity contribution in [1.82, 2.24) is 29.8 Å². The van der Waals surface area contributed by atoms with Crippen LogP contribution < -0.4 is 11.1 Å². The topological polar surface area (TPSA) is 186 Å². The highest BCUT2D eigenvalue weighted by Crippen LogP contribution is 2.41. The van der Waals surface area contributed by atoms with Crippen molar-refractivity contribution in [3.8, 4) is 0 Å². The van der Waals surface area contributed by atoms with Gasteiger partial charge >= 0.3 is 5.97 Å². The maximum Gasteiger partial charge on any atom is 0.352 e. The third-order valence-corrected chi connectivity index (χ3v) is 8.76. The summed E-state index contributed by atoms with van der Waals surface area (Å²) >= 11 is 4.99. The molecule has 2 aromatic heterocycles. The van der Waals surface area contributed by atoms with Crippen molar-refractivity contribution in [3.05, 3.63) is 22.6 Å². The van der Waals surface area contributed by atoms with E-state index in [9.17, 15) is 19.5 Å². The van der Waals surface area contributed by atoms with E-state index in [0.29, 0.717) is 21.4 Å². The summed E-state index contributed by atoms with van der Waals surface area (Å²) in [6, 6.07) is -0.925. The number of aliphatic carboxylic acids is 1. The molecule has 13 nitrogen and oxygen atoms in total. The first kappa shape index (κ1) is 23.0. The number of carboxylic acids is 1. The molecule has 0 bridgehead atoms. The molecule has 1 saturated heterocycles. The molecule has 178 valence electrons. The Morgan fingerprint density at radius 1 is 1.41 bits per heavy atom. The normalized spacial score (nSPS) is 22.3. The predicted octanol–water partition coefficient (Wildman–Crippen LogP) is 0.386. The number of aromatic nitrogens is 4. The van der Waals surface area contributed by atoms with Gasteiger partial charge in [-0.15, -0.1) is 22.0 Å². The number of anilines is 1. The van der Waals surface area contributed by atoms with Crippen LogP contribution in [-0.2, 0) is 19.2 Å². The van der Waals surface area contributed by atoms with Crippen LogP contribution in [0.15, 0.2) is 26.3 Å². The van der Waals surface area contributed by atoms with Crippen LogP contribution in [0.3, 0.4) is 0 Å². The molecule has 5 rings (SSSR count). The van der Waals surface area contributed by atoms with E-state index in [1.807, 2.05) is 0 Å². The summed E-state index contributed by atoms with van der Waals surface area (Å²) in [6.45, 7) is 0. The fraction of sp³-hybridized carbons (Fsp3) is 0.412. The SMILES string of the molecule is Nc1nc(C(=NOC2CC2)C(=O)N[C@@H]2C(=O)N3C(C(=O)O)=C(CSc4nncs4)CS[C@H]23)ns1. The Labute approximate surface area is 208 Å². The van der Waals surface area contributed by atoms with E-state index in [1.54, 1.807) is 5.51 Å². The summed E-state index contributed by atoms with van der Waals surface area (Å²) < 4.78 is 4.72. The number of rotatable bonds is 9. The number of nitrogens with zero attached hydrogens (tertiary/aromatic N) is 6. The summed E-state index contributed by atoms with van der Waals surface area (Å²) in [5.74, 6) is -1.65. The number of oxime groups is 1. The molecule has 2 aromatic rings. The lowest BCUT2D eigenvalue weighted by atomic mass is 10.0. The standard InChI is InChI=1S/C17H16N8O5S4/c18-16-21-11(24-34-16)8(23-30-7-1-2-7)12(26)20-9-13(27)25-10(15(28)29)6(3-31-14(9)25)4-32-17-22-19-5-33-17/h5,7,9,14H,1-4H2,(H,20,26)(H,28,29)(H2,18,21,24)/t9-,14-/m1/s1. The molecular formula is C17H16N8O5S4. The van der Waals surface area contributed by atoms with E-state index < -0.39 is 29.2 Å². The third kappa shape index (κ3) is 4.59. The van der Waals surface area contributed by atoms with Gasteiger partial charge in [-0.05, 0) is 18.4 Å². The fourth-order valence-electron chi connectivity index (χ4n) is 3.19. The molecule has 0 radical (unpaired) electrons. The Morgan fingerprint density at radius 3 is 2.88 bits per heavy atom. The van der Waals surface area contributed by atoms with Crippen molar-refractivity contribution in [1.29, 1.82) is 0 Å². The van der Waals surface area contributed by atoms with E-state index in [2.05, 4.69) is 30.0 Å². The molecule has 2 fully saturated rings. The van der Waals surface area contributed by atoms with Crippen LogP contribution >= 0.6 is 46.4 Å². The first-order valence-electron chi connectivity index (χ1n) is 9.85. The molecule has 2 atom stereocenters. The summed E-state index contributed by atoms with van der Waals surface area (Å²) in [6.07, 6.45) is 1.61. The monoisotopic (exact) mass is 540 g/mol. The summed E-state index contributed by atoms with van der Waals surface area (Å²) in [4.78, 5) is 48.4. The Morgan fingerprint density at radius 2 is 2.24 bits per heavy atom. The minimum absolute atomic E-state index is 0.00249. The summed E-state index contributed by atoms with van der Waals surface area (Å²) in [7, 11) is 0. The van der Waals surface area contributed by atoms with Crippen LogP contribution in [0.25, 0.3) is 0 Å². The molecule has 1 aliphatic carbocycles. The van der Waals surface area contributed by atoms with Crippen molar-refractivity contribution < 1.29 is 24.3 Å². The summed E-state index contributed by atoms with van der Waals surface area (Å²) in [5.41, 5.74) is 7.58. The molecule has 0 spiro atoms. The molecule has 4 heterocycles. The van der Waals surface area contributed by atoms with Gasteiger partial charge in [0.25, 0.3) is 11.8 Å². The molecule has 34 heavy (non-hydrogen) atoms. The number of carbonyl (C=O) groups excluding carboxylic acids is 2. The first-order chi connectivity index (χ1) is 16.4. The zero-order valence-electron chi connectivity index (χ0n) is 17.1. The number of thioether (sulfide) groups is 2. The molecule has 2 amide bonds. The molecule has 2 aliphatic heterocycles. The summed E-state index contributed by atoms with van der Waals surface area (Å²) in [5, 5.41) is 23.6. The number of nitrogens with one attached hydrogen (secondary N) is 1. The van der Waals surface area contributed by atoms with Gasteiger partial charge in [-0.1, -0.05) is 28.3 Å². The number of amides is 2. The van der Waals surface area contributed by atoms with Gasteiger partial charge in [0.05, 0.1) is 0 Å². The number of hydrogen-bond donors (Lipinski definition) is 3. The van der Waals surface area contributed by atoms with Crippen molar-refractivity contribution in [2.24, 2.45) is 5.16 Å². The molecule has 4 N–H and O–H groups in total. The van der Waals surface area contributed by atoms with Crippen LogP contribution in [0.5, 0.6) is 0 Å². The molecule has 17 heteroatoms. The van der Waals surface area contributed by atoms with E-state index in [4.69, 9.17) is 10.6 Å². The maximum absolute atomic E-state index is 13.0. The van der Waals surface area contributed by atoms with Gasteiger partial charge in [-0.2, -0.15) is 9.36 Å². The molecular weight excluding hydrogens is 525 g/mol. The van der Waals surface area contributed by atoms with Crippen LogP contribution in [0, 0.1) is 0 Å². The minimum Gasteiger partial charge on any atom is -0.477 e. The highest BCUT2D eigenvalue weighted by atomic mass is 32.2. The lowest BCUT2D eigenvalue weighted by Gasteiger charge is -2.49. The molecule has 0 aromatic carbocycles. The number of β-lactam (4-membered cyclic amide) rings is 1. The largest absolute Gasteiger partial charge is 0.477 e. The highest BCUT2D eigenvalue weighted by Gasteiger charge is 2.54. The first-order valence-corrected chi connectivity index (χ1v) is 13.5. The maximum atomic E-state index is 13.0. The number of carboxylic acid groups (broad SMARTS) is 1.